The number of unbranched alkanes of at least 4 members (excludes halogenated alkanes) is 1. The highest BCUT2D eigenvalue weighted by Crippen LogP contribution is 2.33. The zero-order valence-electron chi connectivity index (χ0n) is 15.0. The number of hydrogen-bond donors (Lipinski definition) is 4. The van der Waals surface area contributed by atoms with Gasteiger partial charge in [-0.1, -0.05) is 36.8 Å². The van der Waals surface area contributed by atoms with E-state index in [9.17, 15) is 19.5 Å². The highest BCUT2D eigenvalue weighted by atomic mass is 32.2. The van der Waals surface area contributed by atoms with Crippen LogP contribution in [0, 0.1) is 0 Å². The largest absolute Gasteiger partial charge is 0.480 e. The Morgan fingerprint density at radius 1 is 1.22 bits per heavy atom. The molecular formula is C19H25N3O4S. The van der Waals surface area contributed by atoms with Gasteiger partial charge in [0.2, 0.25) is 5.91 Å². The molecule has 4 atom stereocenters. The molecule has 0 unspecified atom stereocenters. The van der Waals surface area contributed by atoms with E-state index in [1.54, 1.807) is 0 Å². The maximum absolute atomic E-state index is 12.1. The Bertz CT molecular complexity index is 685. The predicted octanol–water partition coefficient (Wildman–Crippen LogP) is 1.52. The van der Waals surface area contributed by atoms with E-state index in [4.69, 9.17) is 0 Å². The van der Waals surface area contributed by atoms with Gasteiger partial charge >= 0.3 is 12.0 Å². The summed E-state index contributed by atoms with van der Waals surface area (Å²) in [5.41, 5.74) is 0.880. The van der Waals surface area contributed by atoms with Crippen molar-refractivity contribution in [1.82, 2.24) is 16.0 Å². The molecule has 3 rings (SSSR count). The van der Waals surface area contributed by atoms with Gasteiger partial charge in [0.15, 0.2) is 0 Å². The van der Waals surface area contributed by atoms with Crippen LogP contribution in [0.1, 0.15) is 31.2 Å². The van der Waals surface area contributed by atoms with E-state index < -0.39 is 12.0 Å². The molecule has 2 aliphatic heterocycles. The summed E-state index contributed by atoms with van der Waals surface area (Å²) in [6.45, 7) is 0. The number of urea groups is 1. The van der Waals surface area contributed by atoms with Crippen LogP contribution in [0.25, 0.3) is 0 Å². The van der Waals surface area contributed by atoms with Crippen LogP contribution in [0.15, 0.2) is 30.3 Å². The number of carboxylic acid groups (broad SMARTS) is 1. The van der Waals surface area contributed by atoms with E-state index in [1.165, 1.54) is 0 Å². The molecule has 3 amide bonds. The van der Waals surface area contributed by atoms with Crippen LogP contribution in [0.2, 0.25) is 0 Å². The van der Waals surface area contributed by atoms with E-state index in [2.05, 4.69) is 16.0 Å². The number of amides is 3. The van der Waals surface area contributed by atoms with E-state index in [1.807, 2.05) is 42.1 Å². The highest BCUT2D eigenvalue weighted by molar-refractivity contribution is 8.00. The molecule has 1 aromatic rings. The minimum absolute atomic E-state index is 0.0900. The number of thioether (sulfide) groups is 1. The number of benzene rings is 1. The number of nitrogens with one attached hydrogen (secondary N) is 3. The molecule has 2 heterocycles. The fourth-order valence-electron chi connectivity index (χ4n) is 3.59. The van der Waals surface area contributed by atoms with Crippen LogP contribution in [0.4, 0.5) is 4.79 Å². The Kier molecular flexibility index (Phi) is 6.60. The minimum Gasteiger partial charge on any atom is -0.480 e. The van der Waals surface area contributed by atoms with E-state index in [-0.39, 0.29) is 30.4 Å². The zero-order chi connectivity index (χ0) is 19.2. The van der Waals surface area contributed by atoms with Gasteiger partial charge < -0.3 is 21.1 Å². The van der Waals surface area contributed by atoms with Crippen molar-refractivity contribution in [3.05, 3.63) is 35.9 Å². The standard InChI is InChI=1S/C19H25N3O4S/c23-16(20-13(18(24)25)10-12-6-2-1-3-7-12)9-5-4-8-15-17-14(11-27-15)21-19(26)22-17/h1-3,6-7,13-15,17H,4-5,8-11H2,(H,20,23)(H,24,25)(H2,21,22,26)/t13-,14+,15+,17+/m1/s1. The Morgan fingerprint density at radius 2 is 2.00 bits per heavy atom. The van der Waals surface area contributed by atoms with Gasteiger partial charge in [0.25, 0.3) is 0 Å². The molecule has 1 aromatic carbocycles. The van der Waals surface area contributed by atoms with Crippen LogP contribution >= 0.6 is 11.8 Å². The number of aliphatic carboxylic acids is 1. The van der Waals surface area contributed by atoms with Crippen molar-refractivity contribution in [1.29, 1.82) is 0 Å². The quantitative estimate of drug-likeness (QED) is 0.377. The molecule has 4 N–H and O–H groups in total. The van der Waals surface area contributed by atoms with Gasteiger partial charge in [-0.25, -0.2) is 9.59 Å². The highest BCUT2D eigenvalue weighted by Gasteiger charge is 2.42. The van der Waals surface area contributed by atoms with Crippen LogP contribution in [-0.4, -0.2) is 52.1 Å². The number of carbonyl (C=O) groups is 3. The van der Waals surface area contributed by atoms with E-state index in [0.29, 0.717) is 18.1 Å². The first kappa shape index (κ1) is 19.5. The molecule has 0 spiro atoms. The monoisotopic (exact) mass is 391 g/mol. The molecule has 146 valence electrons. The molecule has 7 nitrogen and oxygen atoms in total. The first-order valence-electron chi connectivity index (χ1n) is 9.27. The second-order valence-electron chi connectivity index (χ2n) is 7.02. The minimum atomic E-state index is -1.02. The van der Waals surface area contributed by atoms with Crippen molar-refractivity contribution < 1.29 is 19.5 Å². The molecule has 0 aliphatic carbocycles. The molecule has 2 saturated heterocycles. The van der Waals surface area contributed by atoms with Gasteiger partial charge in [0.1, 0.15) is 6.04 Å². The first-order chi connectivity index (χ1) is 13.0. The molecule has 0 bridgehead atoms. The average molecular weight is 391 g/mol. The lowest BCUT2D eigenvalue weighted by Gasteiger charge is -2.17. The molecule has 2 aliphatic rings. The summed E-state index contributed by atoms with van der Waals surface area (Å²) >= 11 is 1.86. The maximum Gasteiger partial charge on any atom is 0.326 e. The molecule has 0 radical (unpaired) electrons. The van der Waals surface area contributed by atoms with Gasteiger partial charge in [-0.15, -0.1) is 0 Å². The Labute approximate surface area is 162 Å². The summed E-state index contributed by atoms with van der Waals surface area (Å²) in [5.74, 6) is -0.329. The van der Waals surface area contributed by atoms with E-state index >= 15 is 0 Å². The maximum atomic E-state index is 12.1. The number of rotatable bonds is 9. The van der Waals surface area contributed by atoms with Crippen LogP contribution in [0.5, 0.6) is 0 Å². The molecular weight excluding hydrogens is 366 g/mol. The van der Waals surface area contributed by atoms with Crippen LogP contribution in [0.3, 0.4) is 0 Å². The molecule has 27 heavy (non-hydrogen) atoms. The van der Waals surface area contributed by atoms with Crippen molar-refractivity contribution >= 4 is 29.7 Å². The van der Waals surface area contributed by atoms with Crippen molar-refractivity contribution in [3.63, 3.8) is 0 Å². The molecule has 0 aromatic heterocycles. The smallest absolute Gasteiger partial charge is 0.326 e. The molecule has 0 saturated carbocycles. The van der Waals surface area contributed by atoms with Gasteiger partial charge in [0.05, 0.1) is 12.1 Å². The SMILES string of the molecule is O=C(CCCC[C@@H]1SC[C@@H]2NC(=O)N[C@@H]21)N[C@H](Cc1ccccc1)C(=O)O. The Hall–Kier alpha value is -2.22. The number of carboxylic acids is 1. The predicted molar refractivity (Wildman–Crippen MR) is 104 cm³/mol. The second-order valence-corrected chi connectivity index (χ2v) is 8.29. The van der Waals surface area contributed by atoms with Crippen LogP contribution in [-0.2, 0) is 16.0 Å². The van der Waals surface area contributed by atoms with Crippen molar-refractivity contribution in [2.75, 3.05) is 5.75 Å². The third-order valence-corrected chi connectivity index (χ3v) is 6.51. The molecule has 8 heteroatoms. The number of carbonyl (C=O) groups excluding carboxylic acids is 2. The average Bonchev–Trinajstić information content (AvgIpc) is 3.18. The topological polar surface area (TPSA) is 108 Å². The Morgan fingerprint density at radius 3 is 2.74 bits per heavy atom. The zero-order valence-corrected chi connectivity index (χ0v) is 15.8. The van der Waals surface area contributed by atoms with Crippen molar-refractivity contribution in [3.8, 4) is 0 Å². The fraction of sp³-hybridized carbons (Fsp3) is 0.526. The van der Waals surface area contributed by atoms with Gasteiger partial charge in [0, 0.05) is 23.8 Å². The number of hydrogen-bond acceptors (Lipinski definition) is 4. The summed E-state index contributed by atoms with van der Waals surface area (Å²) in [5, 5.41) is 18.2. The summed E-state index contributed by atoms with van der Waals surface area (Å²) in [4.78, 5) is 34.9. The fourth-order valence-corrected chi connectivity index (χ4v) is 5.13. The third-order valence-electron chi connectivity index (χ3n) is 5.00. The summed E-state index contributed by atoms with van der Waals surface area (Å²) in [7, 11) is 0. The second kappa shape index (κ2) is 9.12. The lowest BCUT2D eigenvalue weighted by molar-refractivity contribution is -0.141. The van der Waals surface area contributed by atoms with Crippen molar-refractivity contribution in [2.45, 2.75) is 55.5 Å². The first-order valence-corrected chi connectivity index (χ1v) is 10.3. The summed E-state index contributed by atoms with van der Waals surface area (Å²) in [6.07, 6.45) is 3.11. The number of fused-ring (bicyclic) bond motifs is 1. The third kappa shape index (κ3) is 5.38. The van der Waals surface area contributed by atoms with Gasteiger partial charge in [-0.05, 0) is 18.4 Å². The normalized spacial score (nSPS) is 24.6. The van der Waals surface area contributed by atoms with Gasteiger partial charge in [-0.2, -0.15) is 11.8 Å². The van der Waals surface area contributed by atoms with Crippen LogP contribution < -0.4 is 16.0 Å². The summed E-state index contributed by atoms with van der Waals surface area (Å²) < 4.78 is 0. The lowest BCUT2D eigenvalue weighted by Crippen LogP contribution is -2.42. The lowest BCUT2D eigenvalue weighted by atomic mass is 10.0. The van der Waals surface area contributed by atoms with E-state index in [0.717, 1.165) is 24.2 Å². The Balaban J connectivity index is 1.37. The van der Waals surface area contributed by atoms with Crippen molar-refractivity contribution in [2.24, 2.45) is 0 Å². The van der Waals surface area contributed by atoms with Gasteiger partial charge in [-0.3, -0.25) is 4.79 Å². The summed E-state index contributed by atoms with van der Waals surface area (Å²) in [6, 6.07) is 8.67. The molecule has 2 fully saturated rings.